The van der Waals surface area contributed by atoms with Crippen LogP contribution in [-0.4, -0.2) is 45.1 Å². The van der Waals surface area contributed by atoms with Crippen LogP contribution in [0.4, 0.5) is 60.5 Å². The van der Waals surface area contributed by atoms with Crippen LogP contribution in [0.2, 0.25) is 0 Å². The molecule has 0 radical (unpaired) electrons. The Bertz CT molecular complexity index is 1350. The van der Waals surface area contributed by atoms with E-state index in [4.69, 9.17) is 41.9 Å². The number of anilines is 6. The van der Waals surface area contributed by atoms with Gasteiger partial charge in [0.25, 0.3) is 0 Å². The van der Waals surface area contributed by atoms with Crippen LogP contribution in [-0.2, 0) is 18.9 Å². The Morgan fingerprint density at radius 2 is 1.00 bits per heavy atom. The highest BCUT2D eigenvalue weighted by Crippen LogP contribution is 2.45. The minimum Gasteiger partial charge on any atom is -0.397 e. The summed E-state index contributed by atoms with van der Waals surface area (Å²) in [6, 6.07) is 7.16. The Hall–Kier alpha value is -3.34. The summed E-state index contributed by atoms with van der Waals surface area (Å²) >= 11 is 0. The second-order valence-corrected chi connectivity index (χ2v) is 14.2. The standard InChI is InChI=1S/C34H46F6N6O4/c35-33(36,37)23-7-5-18(6-8-23)22-13-47-32(48-14-22)21-10-26(42)30(44)28(12-21)46-45-27-11-20(9-25(41)29(27)43)17-1-3-19(4-2-17)31-49-15-24(16-50-31)34(38,39)40/h9-12,17-19,22-24,31-32,45-46H,1-8,13-16,41-44H2. The van der Waals surface area contributed by atoms with Gasteiger partial charge in [0.2, 0.25) is 0 Å². The van der Waals surface area contributed by atoms with Crippen LogP contribution in [0.3, 0.4) is 0 Å². The van der Waals surface area contributed by atoms with Crippen molar-refractivity contribution >= 4 is 34.1 Å². The van der Waals surface area contributed by atoms with Gasteiger partial charge in [-0.05, 0) is 93.0 Å². The van der Waals surface area contributed by atoms with Gasteiger partial charge in [-0.25, -0.2) is 0 Å². The molecule has 0 bridgehead atoms. The lowest BCUT2D eigenvalue weighted by molar-refractivity contribution is -0.286. The molecule has 16 heteroatoms. The Morgan fingerprint density at radius 3 is 1.52 bits per heavy atom. The second-order valence-electron chi connectivity index (χ2n) is 14.2. The topological polar surface area (TPSA) is 165 Å². The zero-order valence-electron chi connectivity index (χ0n) is 27.6. The fraction of sp³-hybridized carbons (Fsp3) is 0.647. The molecule has 6 rings (SSSR count). The lowest BCUT2D eigenvalue weighted by atomic mass is 9.76. The number of ether oxygens (including phenoxy) is 4. The van der Waals surface area contributed by atoms with Crippen molar-refractivity contribution in [3.8, 4) is 0 Å². The molecule has 10 nitrogen and oxygen atoms in total. The third-order valence-corrected chi connectivity index (χ3v) is 10.9. The molecule has 2 aliphatic heterocycles. The second kappa shape index (κ2) is 14.7. The minimum atomic E-state index is -4.34. The lowest BCUT2D eigenvalue weighted by Gasteiger charge is -2.38. The number of hydrogen-bond donors (Lipinski definition) is 6. The maximum Gasteiger partial charge on any atom is 0.396 e. The van der Waals surface area contributed by atoms with Crippen molar-refractivity contribution in [1.29, 1.82) is 0 Å². The largest absolute Gasteiger partial charge is 0.397 e. The van der Waals surface area contributed by atoms with E-state index in [1.165, 1.54) is 0 Å². The van der Waals surface area contributed by atoms with Crippen molar-refractivity contribution in [1.82, 2.24) is 0 Å². The highest BCUT2D eigenvalue weighted by Gasteiger charge is 2.45. The predicted octanol–water partition coefficient (Wildman–Crippen LogP) is 7.31. The van der Waals surface area contributed by atoms with Gasteiger partial charge in [0, 0.05) is 17.4 Å². The molecule has 0 aromatic heterocycles. The van der Waals surface area contributed by atoms with Crippen molar-refractivity contribution in [2.24, 2.45) is 29.6 Å². The molecule has 0 atom stereocenters. The lowest BCUT2D eigenvalue weighted by Crippen LogP contribution is -2.43. The van der Waals surface area contributed by atoms with Gasteiger partial charge in [-0.3, -0.25) is 10.9 Å². The van der Waals surface area contributed by atoms with E-state index in [0.717, 1.165) is 31.2 Å². The molecule has 2 saturated carbocycles. The maximum atomic E-state index is 13.1. The maximum absolute atomic E-state index is 13.1. The first-order valence-corrected chi connectivity index (χ1v) is 17.2. The van der Waals surface area contributed by atoms with Gasteiger partial charge in [0.15, 0.2) is 12.6 Å². The van der Waals surface area contributed by atoms with E-state index >= 15 is 0 Å². The average molecular weight is 717 g/mol. The number of halogens is 6. The molecule has 278 valence electrons. The van der Waals surface area contributed by atoms with E-state index in [9.17, 15) is 26.3 Å². The van der Waals surface area contributed by atoms with Crippen LogP contribution in [0.5, 0.6) is 0 Å². The van der Waals surface area contributed by atoms with Crippen LogP contribution in [0.1, 0.15) is 74.7 Å². The molecular formula is C34H46F6N6O4. The van der Waals surface area contributed by atoms with E-state index in [1.807, 2.05) is 12.1 Å². The zero-order chi connectivity index (χ0) is 35.8. The number of hydrogen-bond acceptors (Lipinski definition) is 10. The first-order chi connectivity index (χ1) is 23.7. The van der Waals surface area contributed by atoms with Gasteiger partial charge in [-0.1, -0.05) is 0 Å². The number of alkyl halides is 6. The fourth-order valence-electron chi connectivity index (χ4n) is 7.72. The predicted molar refractivity (Wildman–Crippen MR) is 177 cm³/mol. The number of benzene rings is 2. The van der Waals surface area contributed by atoms with Gasteiger partial charge in [-0.15, -0.1) is 0 Å². The average Bonchev–Trinajstić information content (AvgIpc) is 3.10. The molecule has 0 unspecified atom stereocenters. The minimum absolute atomic E-state index is 0.00725. The van der Waals surface area contributed by atoms with Crippen molar-refractivity contribution < 1.29 is 45.3 Å². The molecule has 0 amide bonds. The van der Waals surface area contributed by atoms with Crippen LogP contribution in [0.15, 0.2) is 24.3 Å². The molecule has 4 fully saturated rings. The SMILES string of the molecule is Nc1cc(C2CCC(C3OCC(C(F)(F)F)CO3)CC2)cc(NNc2cc(C3OCC(C4CCC(C(F)(F)F)CC4)CO3)cc(N)c2N)c1N. The normalized spacial score (nSPS) is 31.2. The number of nitrogen functional groups attached to an aromatic ring is 4. The summed E-state index contributed by atoms with van der Waals surface area (Å²) in [5.41, 5.74) is 35.2. The first kappa shape index (κ1) is 36.5. The molecule has 2 aliphatic carbocycles. The van der Waals surface area contributed by atoms with E-state index in [0.29, 0.717) is 60.1 Å². The highest BCUT2D eigenvalue weighted by atomic mass is 19.4. The zero-order valence-corrected chi connectivity index (χ0v) is 27.6. The van der Waals surface area contributed by atoms with E-state index in [-0.39, 0.29) is 55.4 Å². The van der Waals surface area contributed by atoms with E-state index < -0.39 is 36.8 Å². The number of rotatable bonds is 7. The van der Waals surface area contributed by atoms with Crippen LogP contribution >= 0.6 is 0 Å². The quantitative estimate of drug-likeness (QED) is 0.0973. The molecule has 0 spiro atoms. The van der Waals surface area contributed by atoms with Crippen LogP contribution in [0, 0.1) is 29.6 Å². The molecule has 10 N–H and O–H groups in total. The Balaban J connectivity index is 1.04. The van der Waals surface area contributed by atoms with Crippen LogP contribution < -0.4 is 33.8 Å². The molecule has 2 aromatic rings. The third kappa shape index (κ3) is 8.24. The van der Waals surface area contributed by atoms with Gasteiger partial charge < -0.3 is 41.9 Å². The highest BCUT2D eigenvalue weighted by molar-refractivity contribution is 5.84. The van der Waals surface area contributed by atoms with Gasteiger partial charge >= 0.3 is 12.4 Å². The van der Waals surface area contributed by atoms with E-state index in [2.05, 4.69) is 10.9 Å². The molecule has 50 heavy (non-hydrogen) atoms. The summed E-state index contributed by atoms with van der Waals surface area (Å²) < 4.78 is 101. The van der Waals surface area contributed by atoms with Gasteiger partial charge in [-0.2, -0.15) is 26.3 Å². The van der Waals surface area contributed by atoms with Crippen molar-refractivity contribution in [2.75, 3.05) is 60.2 Å². The molecule has 2 saturated heterocycles. The molecule has 2 heterocycles. The summed E-state index contributed by atoms with van der Waals surface area (Å²) in [5.74, 6) is -2.55. The Labute approximate surface area is 286 Å². The molecule has 2 aromatic carbocycles. The summed E-state index contributed by atoms with van der Waals surface area (Å²) in [5, 5.41) is 0. The Morgan fingerprint density at radius 1 is 0.520 bits per heavy atom. The fourth-order valence-corrected chi connectivity index (χ4v) is 7.72. The summed E-state index contributed by atoms with van der Waals surface area (Å²) in [4.78, 5) is 0. The number of hydrazine groups is 1. The van der Waals surface area contributed by atoms with Crippen molar-refractivity contribution in [3.05, 3.63) is 35.4 Å². The van der Waals surface area contributed by atoms with Crippen LogP contribution in [0.25, 0.3) is 0 Å². The number of nitrogens with one attached hydrogen (secondary N) is 2. The Kier molecular flexibility index (Phi) is 10.7. The van der Waals surface area contributed by atoms with Crippen molar-refractivity contribution in [3.63, 3.8) is 0 Å². The molecule has 4 aliphatic rings. The third-order valence-electron chi connectivity index (χ3n) is 10.9. The summed E-state index contributed by atoms with van der Waals surface area (Å²) in [6.07, 6.45) is -5.59. The summed E-state index contributed by atoms with van der Waals surface area (Å²) in [6.45, 7) is -0.0483. The summed E-state index contributed by atoms with van der Waals surface area (Å²) in [7, 11) is 0. The van der Waals surface area contributed by atoms with E-state index in [1.54, 1.807) is 12.1 Å². The monoisotopic (exact) mass is 716 g/mol. The van der Waals surface area contributed by atoms with Crippen molar-refractivity contribution in [2.45, 2.75) is 82.2 Å². The van der Waals surface area contributed by atoms with Gasteiger partial charge in [0.1, 0.15) is 5.92 Å². The molecular weight excluding hydrogens is 670 g/mol. The number of nitrogens with two attached hydrogens (primary N) is 4. The first-order valence-electron chi connectivity index (χ1n) is 17.2. The smallest absolute Gasteiger partial charge is 0.396 e. The van der Waals surface area contributed by atoms with Gasteiger partial charge in [0.05, 0.1) is 66.5 Å².